The summed E-state index contributed by atoms with van der Waals surface area (Å²) in [4.78, 5) is 0. The van der Waals surface area contributed by atoms with Crippen LogP contribution in [0.3, 0.4) is 0 Å². The number of fused-ring (bicyclic) bond motifs is 1. The summed E-state index contributed by atoms with van der Waals surface area (Å²) >= 11 is 0. The number of benzene rings is 1. The molecule has 13 heavy (non-hydrogen) atoms. The van der Waals surface area contributed by atoms with Crippen LogP contribution < -0.4 is 5.32 Å². The van der Waals surface area contributed by atoms with E-state index in [0.29, 0.717) is 17.5 Å². The molecule has 0 saturated carbocycles. The van der Waals surface area contributed by atoms with E-state index in [1.54, 1.807) is 6.07 Å². The van der Waals surface area contributed by atoms with Gasteiger partial charge in [0.2, 0.25) is 0 Å². The molecule has 0 unspecified atom stereocenters. The molecule has 1 heterocycles. The largest absolute Gasteiger partial charge is 0.382 e. The molecule has 0 spiro atoms. The van der Waals surface area contributed by atoms with Gasteiger partial charge in [-0.25, -0.2) is 4.39 Å². The van der Waals surface area contributed by atoms with Gasteiger partial charge in [-0.05, 0) is 17.5 Å². The summed E-state index contributed by atoms with van der Waals surface area (Å²) in [6.45, 7) is 5.21. The first-order valence-corrected chi connectivity index (χ1v) is 4.72. The molecule has 70 valence electrons. The highest BCUT2D eigenvalue weighted by molar-refractivity contribution is 5.58. The summed E-state index contributed by atoms with van der Waals surface area (Å²) in [7, 11) is 0. The van der Waals surface area contributed by atoms with Gasteiger partial charge < -0.3 is 5.32 Å². The average molecular weight is 179 g/mol. The lowest BCUT2D eigenvalue weighted by molar-refractivity contribution is 0.533. The Kier molecular flexibility index (Phi) is 1.98. The highest BCUT2D eigenvalue weighted by Crippen LogP contribution is 2.37. The fourth-order valence-corrected chi connectivity index (χ4v) is 1.95. The molecule has 0 radical (unpaired) electrons. The molecule has 1 aromatic rings. The average Bonchev–Trinajstić information content (AvgIpc) is 2.48. The van der Waals surface area contributed by atoms with Crippen LogP contribution in [0.2, 0.25) is 0 Å². The molecular weight excluding hydrogens is 165 g/mol. The predicted octanol–water partition coefficient (Wildman–Crippen LogP) is 2.99. The minimum atomic E-state index is -0.124. The van der Waals surface area contributed by atoms with Crippen molar-refractivity contribution in [3.05, 3.63) is 29.6 Å². The lowest BCUT2D eigenvalue weighted by atomic mass is 9.90. The molecule has 1 atom stereocenters. The number of nitrogens with one attached hydrogen (secondary N) is 1. The molecule has 2 rings (SSSR count). The van der Waals surface area contributed by atoms with E-state index in [2.05, 4.69) is 19.2 Å². The second-order valence-corrected chi connectivity index (χ2v) is 3.94. The van der Waals surface area contributed by atoms with Gasteiger partial charge in [0.15, 0.2) is 0 Å². The molecule has 0 amide bonds. The van der Waals surface area contributed by atoms with E-state index in [0.717, 1.165) is 12.1 Å². The van der Waals surface area contributed by atoms with Gasteiger partial charge in [-0.3, -0.25) is 0 Å². The maximum Gasteiger partial charge on any atom is 0.146 e. The van der Waals surface area contributed by atoms with Crippen LogP contribution in [0.15, 0.2) is 18.2 Å². The zero-order valence-electron chi connectivity index (χ0n) is 7.97. The Labute approximate surface area is 78.0 Å². The first-order chi connectivity index (χ1) is 6.20. The van der Waals surface area contributed by atoms with E-state index < -0.39 is 0 Å². The van der Waals surface area contributed by atoms with E-state index in [9.17, 15) is 4.39 Å². The van der Waals surface area contributed by atoms with Crippen LogP contribution in [0.5, 0.6) is 0 Å². The molecule has 1 N–H and O–H groups in total. The Morgan fingerprint density at radius 3 is 2.92 bits per heavy atom. The zero-order chi connectivity index (χ0) is 9.42. The fraction of sp³-hybridized carbons (Fsp3) is 0.455. The lowest BCUT2D eigenvalue weighted by Crippen LogP contribution is -2.08. The number of para-hydroxylation sites is 1. The Bertz CT molecular complexity index is 320. The van der Waals surface area contributed by atoms with Gasteiger partial charge in [0.05, 0.1) is 5.69 Å². The van der Waals surface area contributed by atoms with Crippen LogP contribution >= 0.6 is 0 Å². The summed E-state index contributed by atoms with van der Waals surface area (Å²) in [5.41, 5.74) is 1.84. The predicted molar refractivity (Wildman–Crippen MR) is 52.5 cm³/mol. The van der Waals surface area contributed by atoms with Crippen LogP contribution in [0, 0.1) is 11.7 Å². The van der Waals surface area contributed by atoms with Crippen molar-refractivity contribution < 1.29 is 4.39 Å². The van der Waals surface area contributed by atoms with Crippen LogP contribution in [0.25, 0.3) is 0 Å². The van der Waals surface area contributed by atoms with Crippen molar-refractivity contribution in [1.29, 1.82) is 0 Å². The van der Waals surface area contributed by atoms with E-state index in [1.807, 2.05) is 6.07 Å². The van der Waals surface area contributed by atoms with Gasteiger partial charge >= 0.3 is 0 Å². The minimum Gasteiger partial charge on any atom is -0.382 e. The number of hydrogen-bond acceptors (Lipinski definition) is 1. The molecule has 0 saturated heterocycles. The Morgan fingerprint density at radius 2 is 2.23 bits per heavy atom. The second kappa shape index (κ2) is 3.02. The SMILES string of the molecule is CC(C)[C@H]1CNc2c(F)cccc21. The third-order valence-corrected chi connectivity index (χ3v) is 2.75. The van der Waals surface area contributed by atoms with Crippen molar-refractivity contribution in [3.8, 4) is 0 Å². The maximum atomic E-state index is 13.3. The van der Waals surface area contributed by atoms with Crippen molar-refractivity contribution in [2.45, 2.75) is 19.8 Å². The summed E-state index contributed by atoms with van der Waals surface area (Å²) in [5.74, 6) is 0.905. The van der Waals surface area contributed by atoms with Gasteiger partial charge in [-0.15, -0.1) is 0 Å². The number of rotatable bonds is 1. The van der Waals surface area contributed by atoms with Gasteiger partial charge in [-0.1, -0.05) is 26.0 Å². The van der Waals surface area contributed by atoms with Crippen LogP contribution in [0.4, 0.5) is 10.1 Å². The van der Waals surface area contributed by atoms with Crippen molar-refractivity contribution in [2.75, 3.05) is 11.9 Å². The monoisotopic (exact) mass is 179 g/mol. The first-order valence-electron chi connectivity index (χ1n) is 4.72. The smallest absolute Gasteiger partial charge is 0.146 e. The number of halogens is 1. The van der Waals surface area contributed by atoms with Gasteiger partial charge in [0.25, 0.3) is 0 Å². The Hall–Kier alpha value is -1.05. The minimum absolute atomic E-state index is 0.124. The molecular formula is C11H14FN. The van der Waals surface area contributed by atoms with Crippen molar-refractivity contribution in [3.63, 3.8) is 0 Å². The van der Waals surface area contributed by atoms with Crippen LogP contribution in [-0.2, 0) is 0 Å². The highest BCUT2D eigenvalue weighted by Gasteiger charge is 2.26. The Morgan fingerprint density at radius 1 is 1.46 bits per heavy atom. The second-order valence-electron chi connectivity index (χ2n) is 3.94. The molecule has 1 aromatic carbocycles. The Balaban J connectivity index is 2.43. The third kappa shape index (κ3) is 1.30. The molecule has 0 aromatic heterocycles. The first kappa shape index (κ1) is 8.54. The quantitative estimate of drug-likeness (QED) is 0.698. The lowest BCUT2D eigenvalue weighted by Gasteiger charge is -2.13. The third-order valence-electron chi connectivity index (χ3n) is 2.75. The summed E-state index contributed by atoms with van der Waals surface area (Å²) in [5, 5.41) is 3.12. The summed E-state index contributed by atoms with van der Waals surface area (Å²) < 4.78 is 13.3. The molecule has 0 fully saturated rings. The van der Waals surface area contributed by atoms with E-state index in [4.69, 9.17) is 0 Å². The van der Waals surface area contributed by atoms with Crippen molar-refractivity contribution >= 4 is 5.69 Å². The van der Waals surface area contributed by atoms with Crippen LogP contribution in [0.1, 0.15) is 25.3 Å². The fourth-order valence-electron chi connectivity index (χ4n) is 1.95. The van der Waals surface area contributed by atoms with Gasteiger partial charge in [-0.2, -0.15) is 0 Å². The molecule has 2 heteroatoms. The van der Waals surface area contributed by atoms with Gasteiger partial charge in [0.1, 0.15) is 5.82 Å². The molecule has 0 bridgehead atoms. The highest BCUT2D eigenvalue weighted by atomic mass is 19.1. The van der Waals surface area contributed by atoms with Gasteiger partial charge in [0, 0.05) is 12.5 Å². The standard InChI is InChI=1S/C11H14FN/c1-7(2)9-6-13-11-8(9)4-3-5-10(11)12/h3-5,7,9,13H,6H2,1-2H3/t9-/m1/s1. The van der Waals surface area contributed by atoms with Crippen LogP contribution in [-0.4, -0.2) is 6.54 Å². The van der Waals surface area contributed by atoms with E-state index in [-0.39, 0.29) is 5.82 Å². The molecule has 0 aliphatic carbocycles. The molecule has 1 nitrogen and oxygen atoms in total. The maximum absolute atomic E-state index is 13.3. The number of hydrogen-bond donors (Lipinski definition) is 1. The summed E-state index contributed by atoms with van der Waals surface area (Å²) in [6.07, 6.45) is 0. The number of anilines is 1. The molecule has 1 aliphatic rings. The van der Waals surface area contributed by atoms with Crippen molar-refractivity contribution in [1.82, 2.24) is 0 Å². The summed E-state index contributed by atoms with van der Waals surface area (Å²) in [6, 6.07) is 5.31. The normalized spacial score (nSPS) is 20.2. The zero-order valence-corrected chi connectivity index (χ0v) is 7.97. The van der Waals surface area contributed by atoms with E-state index in [1.165, 1.54) is 6.07 Å². The topological polar surface area (TPSA) is 12.0 Å². The van der Waals surface area contributed by atoms with Crippen molar-refractivity contribution in [2.24, 2.45) is 5.92 Å². The molecule has 1 aliphatic heterocycles. The van der Waals surface area contributed by atoms with E-state index >= 15 is 0 Å².